The van der Waals surface area contributed by atoms with E-state index in [1.165, 1.54) is 0 Å². The van der Waals surface area contributed by atoms with Crippen molar-refractivity contribution in [1.29, 1.82) is 0 Å². The Kier molecular flexibility index (Phi) is 4.30. The van der Waals surface area contributed by atoms with Gasteiger partial charge in [0.1, 0.15) is 5.82 Å². The summed E-state index contributed by atoms with van der Waals surface area (Å²) < 4.78 is 34.4. The van der Waals surface area contributed by atoms with Gasteiger partial charge in [-0.05, 0) is 12.8 Å². The first-order chi connectivity index (χ1) is 10.1. The summed E-state index contributed by atoms with van der Waals surface area (Å²) in [4.78, 5) is 4.32. The van der Waals surface area contributed by atoms with E-state index >= 15 is 0 Å². The molecule has 1 aromatic heterocycles. The number of aromatic nitrogens is 2. The first-order valence-electron chi connectivity index (χ1n) is 7.37. The monoisotopic (exact) mass is 314 g/mol. The standard InChI is InChI=1S/C13H22N4O3S/c1-16-6-5-15-13(16)12-9-14-4-7-17(12)21(18,19)10-11-3-2-8-20-11/h5-6,11-12,14H,2-4,7-10H2,1H3. The van der Waals surface area contributed by atoms with Gasteiger partial charge in [-0.2, -0.15) is 4.31 Å². The number of hydrogen-bond acceptors (Lipinski definition) is 5. The van der Waals surface area contributed by atoms with Crippen LogP contribution < -0.4 is 5.32 Å². The van der Waals surface area contributed by atoms with Gasteiger partial charge in [0.2, 0.25) is 10.0 Å². The SMILES string of the molecule is Cn1ccnc1C1CNCCN1S(=O)(=O)CC1CCCO1. The highest BCUT2D eigenvalue weighted by Crippen LogP contribution is 2.26. The Morgan fingerprint density at radius 3 is 3.05 bits per heavy atom. The van der Waals surface area contributed by atoms with Crippen LogP contribution in [0, 0.1) is 0 Å². The molecule has 0 aliphatic carbocycles. The fourth-order valence-corrected chi connectivity index (χ4v) is 4.89. The zero-order chi connectivity index (χ0) is 14.9. The molecule has 2 aliphatic heterocycles. The molecule has 0 saturated carbocycles. The lowest BCUT2D eigenvalue weighted by Crippen LogP contribution is -2.50. The van der Waals surface area contributed by atoms with Crippen molar-refractivity contribution in [3.05, 3.63) is 18.2 Å². The molecule has 0 radical (unpaired) electrons. The summed E-state index contributed by atoms with van der Waals surface area (Å²) in [7, 11) is -1.45. The molecule has 2 aliphatic rings. The molecular weight excluding hydrogens is 292 g/mol. The van der Waals surface area contributed by atoms with E-state index in [2.05, 4.69) is 10.3 Å². The van der Waals surface area contributed by atoms with Crippen LogP contribution in [-0.2, 0) is 21.8 Å². The first kappa shape index (κ1) is 15.0. The van der Waals surface area contributed by atoms with Crippen LogP contribution >= 0.6 is 0 Å². The number of nitrogens with zero attached hydrogens (tertiary/aromatic N) is 3. The second kappa shape index (κ2) is 6.04. The van der Waals surface area contributed by atoms with Crippen molar-refractivity contribution in [3.63, 3.8) is 0 Å². The minimum absolute atomic E-state index is 0.0773. The summed E-state index contributed by atoms with van der Waals surface area (Å²) in [6, 6.07) is -0.245. The molecular formula is C13H22N4O3S. The molecule has 0 aromatic carbocycles. The lowest BCUT2D eigenvalue weighted by atomic mass is 10.2. The first-order valence-corrected chi connectivity index (χ1v) is 8.98. The van der Waals surface area contributed by atoms with Crippen LogP contribution in [0.25, 0.3) is 0 Å². The molecule has 0 bridgehead atoms. The molecule has 3 heterocycles. The van der Waals surface area contributed by atoms with Gasteiger partial charge in [0.05, 0.1) is 17.9 Å². The van der Waals surface area contributed by atoms with Gasteiger partial charge in [0.25, 0.3) is 0 Å². The fraction of sp³-hybridized carbons (Fsp3) is 0.769. The number of hydrogen-bond donors (Lipinski definition) is 1. The van der Waals surface area contributed by atoms with Crippen molar-refractivity contribution in [1.82, 2.24) is 19.2 Å². The minimum Gasteiger partial charge on any atom is -0.377 e. The van der Waals surface area contributed by atoms with Crippen LogP contribution in [0.4, 0.5) is 0 Å². The average molecular weight is 314 g/mol. The van der Waals surface area contributed by atoms with Gasteiger partial charge in [0.15, 0.2) is 0 Å². The van der Waals surface area contributed by atoms with Crippen LogP contribution in [0.5, 0.6) is 0 Å². The largest absolute Gasteiger partial charge is 0.377 e. The minimum atomic E-state index is -3.34. The highest BCUT2D eigenvalue weighted by atomic mass is 32.2. The summed E-state index contributed by atoms with van der Waals surface area (Å²) in [6.07, 6.45) is 5.17. The Bertz CT molecular complexity index is 580. The number of nitrogens with one attached hydrogen (secondary N) is 1. The molecule has 7 nitrogen and oxygen atoms in total. The molecule has 0 amide bonds. The topological polar surface area (TPSA) is 76.5 Å². The highest BCUT2D eigenvalue weighted by molar-refractivity contribution is 7.89. The number of ether oxygens (including phenoxy) is 1. The second-order valence-corrected chi connectivity index (χ2v) is 7.61. The number of imidazole rings is 1. The fourth-order valence-electron chi connectivity index (χ4n) is 3.04. The zero-order valence-corrected chi connectivity index (χ0v) is 13.1. The Morgan fingerprint density at radius 2 is 2.38 bits per heavy atom. The van der Waals surface area contributed by atoms with E-state index < -0.39 is 10.0 Å². The van der Waals surface area contributed by atoms with Gasteiger partial charge >= 0.3 is 0 Å². The van der Waals surface area contributed by atoms with E-state index in [4.69, 9.17) is 4.74 Å². The normalized spacial score (nSPS) is 28.0. The number of sulfonamides is 1. The quantitative estimate of drug-likeness (QED) is 0.838. The molecule has 118 valence electrons. The van der Waals surface area contributed by atoms with Crippen LogP contribution in [0.3, 0.4) is 0 Å². The third kappa shape index (κ3) is 3.13. The third-order valence-electron chi connectivity index (χ3n) is 4.13. The smallest absolute Gasteiger partial charge is 0.217 e. The molecule has 21 heavy (non-hydrogen) atoms. The molecule has 1 N–H and O–H groups in total. The van der Waals surface area contributed by atoms with Gasteiger partial charge in [-0.15, -0.1) is 0 Å². The van der Waals surface area contributed by atoms with Crippen molar-refractivity contribution in [2.24, 2.45) is 7.05 Å². The summed E-state index contributed by atoms with van der Waals surface area (Å²) in [6.45, 7) is 2.42. The summed E-state index contributed by atoms with van der Waals surface area (Å²) in [5, 5.41) is 3.26. The molecule has 8 heteroatoms. The Balaban J connectivity index is 1.81. The molecule has 0 spiro atoms. The second-order valence-electron chi connectivity index (χ2n) is 5.64. The van der Waals surface area contributed by atoms with E-state index in [-0.39, 0.29) is 17.9 Å². The van der Waals surface area contributed by atoms with Gasteiger partial charge in [-0.1, -0.05) is 0 Å². The predicted molar refractivity (Wildman–Crippen MR) is 78.3 cm³/mol. The van der Waals surface area contributed by atoms with Crippen LogP contribution in [0.2, 0.25) is 0 Å². The summed E-state index contributed by atoms with van der Waals surface area (Å²) in [5.41, 5.74) is 0. The Hall–Kier alpha value is -0.960. The van der Waals surface area contributed by atoms with E-state index in [9.17, 15) is 8.42 Å². The maximum Gasteiger partial charge on any atom is 0.217 e. The molecule has 2 saturated heterocycles. The van der Waals surface area contributed by atoms with Gasteiger partial charge in [-0.25, -0.2) is 13.4 Å². The number of rotatable bonds is 4. The van der Waals surface area contributed by atoms with Crippen molar-refractivity contribution in [2.75, 3.05) is 32.0 Å². The van der Waals surface area contributed by atoms with Crippen molar-refractivity contribution < 1.29 is 13.2 Å². The molecule has 2 unspecified atom stereocenters. The lowest BCUT2D eigenvalue weighted by molar-refractivity contribution is 0.125. The maximum atomic E-state index is 12.7. The highest BCUT2D eigenvalue weighted by Gasteiger charge is 2.37. The van der Waals surface area contributed by atoms with Gasteiger partial charge in [-0.3, -0.25) is 0 Å². The van der Waals surface area contributed by atoms with E-state index in [0.29, 0.717) is 26.2 Å². The maximum absolute atomic E-state index is 12.7. The van der Waals surface area contributed by atoms with E-state index in [1.54, 1.807) is 10.5 Å². The molecule has 1 aromatic rings. The summed E-state index contributed by atoms with van der Waals surface area (Å²) >= 11 is 0. The molecule has 3 rings (SSSR count). The third-order valence-corrected chi connectivity index (χ3v) is 6.07. The zero-order valence-electron chi connectivity index (χ0n) is 12.2. The van der Waals surface area contributed by atoms with E-state index in [0.717, 1.165) is 18.7 Å². The number of piperazine rings is 1. The lowest BCUT2D eigenvalue weighted by Gasteiger charge is -2.35. The predicted octanol–water partition coefficient (Wildman–Crippen LogP) is -0.125. The van der Waals surface area contributed by atoms with Crippen LogP contribution in [0.1, 0.15) is 24.7 Å². The van der Waals surface area contributed by atoms with Crippen molar-refractivity contribution >= 4 is 10.0 Å². The Labute approximate surface area is 125 Å². The number of aryl methyl sites for hydroxylation is 1. The van der Waals surface area contributed by atoms with E-state index in [1.807, 2.05) is 17.8 Å². The van der Waals surface area contributed by atoms with Gasteiger partial charge < -0.3 is 14.6 Å². The molecule has 2 fully saturated rings. The van der Waals surface area contributed by atoms with Crippen molar-refractivity contribution in [2.45, 2.75) is 25.0 Å². The van der Waals surface area contributed by atoms with Crippen LogP contribution in [0.15, 0.2) is 12.4 Å². The molecule has 2 atom stereocenters. The summed E-state index contributed by atoms with van der Waals surface area (Å²) in [5.74, 6) is 0.853. The Morgan fingerprint density at radius 1 is 1.52 bits per heavy atom. The van der Waals surface area contributed by atoms with Gasteiger partial charge in [0, 0.05) is 45.7 Å². The average Bonchev–Trinajstić information content (AvgIpc) is 3.10. The van der Waals surface area contributed by atoms with Crippen LogP contribution in [-0.4, -0.2) is 60.4 Å². The van der Waals surface area contributed by atoms with Crippen molar-refractivity contribution in [3.8, 4) is 0 Å².